The number of nitrogens with one attached hydrogen (secondary N) is 1. The van der Waals surface area contributed by atoms with Crippen molar-refractivity contribution in [1.82, 2.24) is 19.6 Å². The third-order valence-electron chi connectivity index (χ3n) is 3.59. The first kappa shape index (κ1) is 12.6. The van der Waals surface area contributed by atoms with Crippen LogP contribution in [0.4, 0.5) is 5.95 Å². The number of carboxylic acids is 1. The molecule has 2 aromatic rings. The minimum Gasteiger partial charge on any atom is -0.481 e. The first-order chi connectivity index (χ1) is 9.54. The number of piperidine rings is 1. The number of rotatable bonds is 2. The maximum absolute atomic E-state index is 11.8. The number of carbonyl (C=O) groups is 1. The Labute approximate surface area is 114 Å². The van der Waals surface area contributed by atoms with Crippen LogP contribution in [0.1, 0.15) is 18.5 Å². The van der Waals surface area contributed by atoms with Crippen LogP contribution in [0, 0.1) is 12.8 Å². The zero-order chi connectivity index (χ0) is 14.3. The number of aromatic nitrogens is 4. The molecule has 1 fully saturated rings. The average molecular weight is 277 g/mol. The van der Waals surface area contributed by atoms with Crippen LogP contribution in [0.5, 0.6) is 0 Å². The topological polar surface area (TPSA) is 104 Å². The molecule has 0 unspecified atom stereocenters. The number of carboxylic acid groups (broad SMARTS) is 1. The first-order valence-electron chi connectivity index (χ1n) is 6.49. The lowest BCUT2D eigenvalue weighted by Crippen LogP contribution is -2.37. The van der Waals surface area contributed by atoms with Gasteiger partial charge >= 0.3 is 5.97 Å². The maximum atomic E-state index is 11.8. The number of nitrogens with zero attached hydrogens (tertiary/aromatic N) is 4. The lowest BCUT2D eigenvalue weighted by atomic mass is 9.97. The van der Waals surface area contributed by atoms with E-state index < -0.39 is 5.97 Å². The van der Waals surface area contributed by atoms with E-state index in [-0.39, 0.29) is 11.5 Å². The number of aryl methyl sites for hydroxylation is 1. The molecule has 2 N–H and O–H groups in total. The predicted octanol–water partition coefficient (Wildman–Crippen LogP) is 0.0270. The van der Waals surface area contributed by atoms with E-state index in [1.165, 1.54) is 10.6 Å². The highest BCUT2D eigenvalue weighted by molar-refractivity contribution is 5.70. The van der Waals surface area contributed by atoms with Gasteiger partial charge in [-0.05, 0) is 19.8 Å². The van der Waals surface area contributed by atoms with Gasteiger partial charge < -0.3 is 10.0 Å². The summed E-state index contributed by atoms with van der Waals surface area (Å²) in [7, 11) is 0. The average Bonchev–Trinajstić information content (AvgIpc) is 2.83. The van der Waals surface area contributed by atoms with Gasteiger partial charge in [0, 0.05) is 24.8 Å². The van der Waals surface area contributed by atoms with Crippen LogP contribution in [0.3, 0.4) is 0 Å². The number of anilines is 1. The van der Waals surface area contributed by atoms with Crippen LogP contribution in [-0.4, -0.2) is 43.7 Å². The molecular weight excluding hydrogens is 262 g/mol. The Morgan fingerprint density at radius 2 is 2.10 bits per heavy atom. The molecule has 1 aliphatic rings. The number of fused-ring (bicyclic) bond motifs is 1. The highest BCUT2D eigenvalue weighted by atomic mass is 16.4. The molecule has 0 saturated carbocycles. The highest BCUT2D eigenvalue weighted by Gasteiger charge is 2.26. The van der Waals surface area contributed by atoms with E-state index in [1.54, 1.807) is 6.92 Å². The van der Waals surface area contributed by atoms with Crippen molar-refractivity contribution in [2.75, 3.05) is 18.0 Å². The molecule has 3 rings (SSSR count). The summed E-state index contributed by atoms with van der Waals surface area (Å²) in [6.45, 7) is 2.95. The van der Waals surface area contributed by atoms with Gasteiger partial charge in [0.15, 0.2) is 0 Å². The predicted molar refractivity (Wildman–Crippen MR) is 70.9 cm³/mol. The molecule has 1 aliphatic heterocycles. The van der Waals surface area contributed by atoms with Crippen molar-refractivity contribution in [3.63, 3.8) is 0 Å². The molecule has 0 atom stereocenters. The summed E-state index contributed by atoms with van der Waals surface area (Å²) in [6.07, 6.45) is 1.15. The summed E-state index contributed by atoms with van der Waals surface area (Å²) in [6, 6.07) is 1.44. The third-order valence-corrected chi connectivity index (χ3v) is 3.59. The standard InChI is InChI=1S/C12H15N5O3/c1-7-6-9(18)17-11(13-7)14-12(15-17)16-4-2-8(3-5-16)10(19)20/h6,8H,2-5H2,1H3,(H,19,20)(H,13,14,15). The van der Waals surface area contributed by atoms with E-state index in [4.69, 9.17) is 5.11 Å². The van der Waals surface area contributed by atoms with Crippen molar-refractivity contribution in [3.05, 3.63) is 22.1 Å². The maximum Gasteiger partial charge on any atom is 0.306 e. The van der Waals surface area contributed by atoms with Crippen molar-refractivity contribution in [1.29, 1.82) is 0 Å². The Morgan fingerprint density at radius 3 is 2.75 bits per heavy atom. The Hall–Kier alpha value is -2.38. The van der Waals surface area contributed by atoms with E-state index in [0.717, 1.165) is 0 Å². The zero-order valence-electron chi connectivity index (χ0n) is 11.0. The van der Waals surface area contributed by atoms with Crippen LogP contribution >= 0.6 is 0 Å². The van der Waals surface area contributed by atoms with Crippen molar-refractivity contribution < 1.29 is 9.90 Å². The summed E-state index contributed by atoms with van der Waals surface area (Å²) in [4.78, 5) is 33.2. The van der Waals surface area contributed by atoms with Gasteiger partial charge in [-0.15, -0.1) is 0 Å². The van der Waals surface area contributed by atoms with Crippen LogP contribution < -0.4 is 10.5 Å². The lowest BCUT2D eigenvalue weighted by molar-refractivity contribution is -0.142. The van der Waals surface area contributed by atoms with Gasteiger partial charge in [0.2, 0.25) is 5.95 Å². The minimum absolute atomic E-state index is 0.202. The number of aromatic amines is 1. The summed E-state index contributed by atoms with van der Waals surface area (Å²) < 4.78 is 1.30. The van der Waals surface area contributed by atoms with Crippen molar-refractivity contribution in [2.24, 2.45) is 5.92 Å². The Morgan fingerprint density at radius 1 is 1.40 bits per heavy atom. The van der Waals surface area contributed by atoms with E-state index in [2.05, 4.69) is 15.1 Å². The zero-order valence-corrected chi connectivity index (χ0v) is 11.0. The molecule has 3 heterocycles. The first-order valence-corrected chi connectivity index (χ1v) is 6.49. The molecule has 0 spiro atoms. The third kappa shape index (κ3) is 2.13. The summed E-state index contributed by atoms with van der Waals surface area (Å²) in [5.74, 6) is -0.143. The van der Waals surface area contributed by atoms with E-state index in [1.807, 2.05) is 4.90 Å². The second-order valence-electron chi connectivity index (χ2n) is 5.02. The monoisotopic (exact) mass is 277 g/mol. The van der Waals surface area contributed by atoms with E-state index in [9.17, 15) is 9.59 Å². The van der Waals surface area contributed by atoms with Crippen LogP contribution in [0.25, 0.3) is 5.78 Å². The van der Waals surface area contributed by atoms with Crippen molar-refractivity contribution >= 4 is 17.7 Å². The van der Waals surface area contributed by atoms with Gasteiger partial charge in [-0.25, -0.2) is 4.98 Å². The number of aliphatic carboxylic acids is 1. The molecule has 20 heavy (non-hydrogen) atoms. The molecule has 0 radical (unpaired) electrons. The number of hydrogen-bond acceptors (Lipinski definition) is 5. The number of H-pyrrole nitrogens is 1. The fraction of sp³-hybridized carbons (Fsp3) is 0.500. The van der Waals surface area contributed by atoms with Crippen molar-refractivity contribution in [3.8, 4) is 0 Å². The second-order valence-corrected chi connectivity index (χ2v) is 5.02. The fourth-order valence-corrected chi connectivity index (χ4v) is 2.46. The van der Waals surface area contributed by atoms with Gasteiger partial charge in [-0.3, -0.25) is 14.7 Å². The van der Waals surface area contributed by atoms with Gasteiger partial charge in [-0.2, -0.15) is 9.50 Å². The molecule has 0 bridgehead atoms. The van der Waals surface area contributed by atoms with Gasteiger partial charge in [0.25, 0.3) is 11.3 Å². The van der Waals surface area contributed by atoms with Gasteiger partial charge in [0.05, 0.1) is 5.92 Å². The molecule has 1 saturated heterocycles. The fourth-order valence-electron chi connectivity index (χ4n) is 2.46. The number of hydrogen-bond donors (Lipinski definition) is 2. The van der Waals surface area contributed by atoms with Crippen LogP contribution in [0.2, 0.25) is 0 Å². The van der Waals surface area contributed by atoms with Crippen LogP contribution in [-0.2, 0) is 4.79 Å². The molecule has 8 heteroatoms. The van der Waals surface area contributed by atoms with Gasteiger partial charge in [-0.1, -0.05) is 0 Å². The van der Waals surface area contributed by atoms with E-state index in [0.29, 0.717) is 43.4 Å². The van der Waals surface area contributed by atoms with E-state index >= 15 is 0 Å². The molecule has 106 valence electrons. The molecule has 2 aromatic heterocycles. The van der Waals surface area contributed by atoms with Crippen molar-refractivity contribution in [2.45, 2.75) is 19.8 Å². The SMILES string of the molecule is Cc1cc(=O)n2[nH]c(N3CCC(C(=O)O)CC3)nc2n1. The van der Waals surface area contributed by atoms with Crippen LogP contribution in [0.15, 0.2) is 10.9 Å². The Bertz CT molecular complexity index is 711. The Kier molecular flexibility index (Phi) is 2.92. The normalized spacial score (nSPS) is 16.8. The van der Waals surface area contributed by atoms with Gasteiger partial charge in [0.1, 0.15) is 0 Å². The summed E-state index contributed by atoms with van der Waals surface area (Å²) in [5.41, 5.74) is 0.421. The second kappa shape index (κ2) is 4.62. The Balaban J connectivity index is 1.87. The molecule has 0 amide bonds. The smallest absolute Gasteiger partial charge is 0.306 e. The summed E-state index contributed by atoms with van der Waals surface area (Å²) in [5, 5.41) is 11.9. The largest absolute Gasteiger partial charge is 0.481 e. The highest BCUT2D eigenvalue weighted by Crippen LogP contribution is 2.20. The molecule has 0 aliphatic carbocycles. The quantitative estimate of drug-likeness (QED) is 0.802. The molecule has 0 aromatic carbocycles. The minimum atomic E-state index is -0.747. The molecule has 8 nitrogen and oxygen atoms in total. The summed E-state index contributed by atoms with van der Waals surface area (Å²) >= 11 is 0. The molecular formula is C12H15N5O3. The lowest BCUT2D eigenvalue weighted by Gasteiger charge is -2.29.